The summed E-state index contributed by atoms with van der Waals surface area (Å²) < 4.78 is 47.7. The molecule has 0 aromatic heterocycles. The van der Waals surface area contributed by atoms with Crippen molar-refractivity contribution in [2.75, 3.05) is 0 Å². The molecule has 0 spiro atoms. The molecule has 2 bridgehead atoms. The first-order chi connectivity index (χ1) is 8.37. The van der Waals surface area contributed by atoms with Gasteiger partial charge in [0.2, 0.25) is 0 Å². The lowest BCUT2D eigenvalue weighted by atomic mass is 9.91. The van der Waals surface area contributed by atoms with Crippen LogP contribution in [0.25, 0.3) is 0 Å². The van der Waals surface area contributed by atoms with E-state index in [2.05, 4.69) is 0 Å². The van der Waals surface area contributed by atoms with E-state index in [0.29, 0.717) is 12.8 Å². The van der Waals surface area contributed by atoms with E-state index in [1.54, 1.807) is 0 Å². The second kappa shape index (κ2) is 5.31. The average molecular weight is 282 g/mol. The van der Waals surface area contributed by atoms with Gasteiger partial charge in [0.05, 0.1) is 0 Å². The van der Waals surface area contributed by atoms with Crippen LogP contribution in [-0.2, 0) is 15.6 Å². The normalized spacial score (nSPS) is 35.7. The first-order valence-corrected chi connectivity index (χ1v) is 7.63. The lowest BCUT2D eigenvalue weighted by Gasteiger charge is -2.26. The summed E-state index contributed by atoms with van der Waals surface area (Å²) in [5.74, 6) is -0.207. The molecule has 2 nitrogen and oxygen atoms in total. The van der Waals surface area contributed by atoms with Gasteiger partial charge in [0.25, 0.3) is 0 Å². The molecule has 0 aliphatic carbocycles. The van der Waals surface area contributed by atoms with E-state index in [-0.39, 0.29) is 35.0 Å². The molecule has 6 heteroatoms. The maximum Gasteiger partial charge on any atom is 0.389 e. The van der Waals surface area contributed by atoms with Crippen LogP contribution in [0.1, 0.15) is 44.9 Å². The van der Waals surface area contributed by atoms with Gasteiger partial charge in [-0.1, -0.05) is 0 Å². The Bertz CT molecular complexity index is 338. The average Bonchev–Trinajstić information content (AvgIpc) is 2.51. The van der Waals surface area contributed by atoms with E-state index < -0.39 is 23.4 Å². The third kappa shape index (κ3) is 3.33. The summed E-state index contributed by atoms with van der Waals surface area (Å²) >= 11 is 0. The third-order valence-electron chi connectivity index (χ3n) is 3.90. The zero-order valence-electron chi connectivity index (χ0n) is 10.0. The molecule has 0 aromatic carbocycles. The standard InChI is InChI=1S/C12H17F3O2S/c13-12(14,15)5-1-2-11(16)8-6-9-3-4-10(7-8)18(9)17/h8-10H,1-7H2. The van der Waals surface area contributed by atoms with Crippen LogP contribution >= 0.6 is 0 Å². The van der Waals surface area contributed by atoms with Gasteiger partial charge >= 0.3 is 6.18 Å². The number of carbonyl (C=O) groups excluding carboxylic acids is 1. The minimum atomic E-state index is -4.17. The molecular weight excluding hydrogens is 265 g/mol. The van der Waals surface area contributed by atoms with E-state index in [9.17, 15) is 22.2 Å². The molecule has 104 valence electrons. The van der Waals surface area contributed by atoms with Crippen LogP contribution in [0, 0.1) is 5.92 Å². The predicted octanol–water partition coefficient (Wildman–Crippen LogP) is 2.98. The lowest BCUT2D eigenvalue weighted by Crippen LogP contribution is -2.32. The number of Topliss-reactive ketones (excluding diaryl/α,β-unsaturated/α-hetero) is 1. The second-order valence-corrected chi connectivity index (χ2v) is 7.24. The van der Waals surface area contributed by atoms with Crippen LogP contribution < -0.4 is 0 Å². The van der Waals surface area contributed by atoms with Crippen molar-refractivity contribution in [2.24, 2.45) is 5.92 Å². The number of alkyl halides is 3. The number of hydrogen-bond donors (Lipinski definition) is 0. The fourth-order valence-corrected chi connectivity index (χ4v) is 5.09. The molecule has 2 heterocycles. The van der Waals surface area contributed by atoms with Crippen molar-refractivity contribution in [3.05, 3.63) is 0 Å². The quantitative estimate of drug-likeness (QED) is 0.794. The summed E-state index contributed by atoms with van der Waals surface area (Å²) in [6.07, 6.45) is -2.11. The first kappa shape index (κ1) is 14.0. The topological polar surface area (TPSA) is 34.1 Å². The van der Waals surface area contributed by atoms with E-state index in [1.807, 2.05) is 0 Å². The zero-order valence-corrected chi connectivity index (χ0v) is 10.9. The molecule has 2 unspecified atom stereocenters. The summed E-state index contributed by atoms with van der Waals surface area (Å²) in [7, 11) is -0.808. The van der Waals surface area contributed by atoms with Crippen LogP contribution in [-0.4, -0.2) is 26.7 Å². The van der Waals surface area contributed by atoms with Crippen molar-refractivity contribution < 1.29 is 22.2 Å². The van der Waals surface area contributed by atoms with Gasteiger partial charge in [-0.3, -0.25) is 9.00 Å². The number of fused-ring (bicyclic) bond motifs is 2. The highest BCUT2D eigenvalue weighted by molar-refractivity contribution is 7.86. The number of halogens is 3. The molecule has 0 aromatic rings. The van der Waals surface area contributed by atoms with Crippen molar-refractivity contribution in [3.8, 4) is 0 Å². The Morgan fingerprint density at radius 3 is 2.22 bits per heavy atom. The Morgan fingerprint density at radius 1 is 1.17 bits per heavy atom. The molecular formula is C12H17F3O2S. The van der Waals surface area contributed by atoms with Crippen LogP contribution in [0.3, 0.4) is 0 Å². The van der Waals surface area contributed by atoms with Crippen molar-refractivity contribution in [3.63, 3.8) is 0 Å². The Kier molecular flexibility index (Phi) is 4.14. The molecule has 2 rings (SSSR count). The summed E-state index contributed by atoms with van der Waals surface area (Å²) in [4.78, 5) is 11.8. The number of rotatable bonds is 4. The van der Waals surface area contributed by atoms with Crippen LogP contribution in [0.15, 0.2) is 0 Å². The molecule has 2 saturated heterocycles. The molecule has 2 atom stereocenters. The Morgan fingerprint density at radius 2 is 1.72 bits per heavy atom. The van der Waals surface area contributed by atoms with Gasteiger partial charge in [-0.25, -0.2) is 0 Å². The molecule has 2 fully saturated rings. The molecule has 2 aliphatic rings. The smallest absolute Gasteiger partial charge is 0.299 e. The number of carbonyl (C=O) groups is 1. The fraction of sp³-hybridized carbons (Fsp3) is 0.917. The van der Waals surface area contributed by atoms with Crippen molar-refractivity contribution in [1.82, 2.24) is 0 Å². The Hall–Kier alpha value is -0.390. The van der Waals surface area contributed by atoms with Gasteiger partial charge in [-0.2, -0.15) is 13.2 Å². The molecule has 0 radical (unpaired) electrons. The summed E-state index contributed by atoms with van der Waals surface area (Å²) in [5.41, 5.74) is 0. The van der Waals surface area contributed by atoms with E-state index >= 15 is 0 Å². The fourth-order valence-electron chi connectivity index (χ4n) is 2.96. The van der Waals surface area contributed by atoms with Crippen molar-refractivity contribution in [1.29, 1.82) is 0 Å². The van der Waals surface area contributed by atoms with Crippen LogP contribution in [0.5, 0.6) is 0 Å². The SMILES string of the molecule is O=C(CCCC(F)(F)F)C1CC2CCC(C1)S2=O. The minimum Gasteiger partial charge on any atom is -0.299 e. The maximum absolute atomic E-state index is 12.0. The highest BCUT2D eigenvalue weighted by Gasteiger charge is 2.42. The van der Waals surface area contributed by atoms with Gasteiger partial charge in [0, 0.05) is 40.1 Å². The lowest BCUT2D eigenvalue weighted by molar-refractivity contribution is -0.137. The Balaban J connectivity index is 1.79. The second-order valence-electron chi connectivity index (χ2n) is 5.25. The van der Waals surface area contributed by atoms with Crippen molar-refractivity contribution >= 4 is 16.6 Å². The van der Waals surface area contributed by atoms with Crippen molar-refractivity contribution in [2.45, 2.75) is 61.6 Å². The van der Waals surface area contributed by atoms with Gasteiger partial charge in [-0.05, 0) is 32.1 Å². The molecule has 0 N–H and O–H groups in total. The van der Waals surface area contributed by atoms with Crippen LogP contribution in [0.4, 0.5) is 13.2 Å². The number of hydrogen-bond acceptors (Lipinski definition) is 2. The summed E-state index contributed by atoms with van der Waals surface area (Å²) in [6, 6.07) is 0. The number of ketones is 1. The largest absolute Gasteiger partial charge is 0.389 e. The molecule has 0 amide bonds. The maximum atomic E-state index is 12.0. The van der Waals surface area contributed by atoms with Crippen LogP contribution in [0.2, 0.25) is 0 Å². The Labute approximate surface area is 107 Å². The predicted molar refractivity (Wildman–Crippen MR) is 62.6 cm³/mol. The van der Waals surface area contributed by atoms with E-state index in [4.69, 9.17) is 0 Å². The monoisotopic (exact) mass is 282 g/mol. The highest BCUT2D eigenvalue weighted by atomic mass is 32.2. The molecule has 18 heavy (non-hydrogen) atoms. The highest BCUT2D eigenvalue weighted by Crippen LogP contribution is 2.39. The van der Waals surface area contributed by atoms with Gasteiger partial charge in [0.1, 0.15) is 5.78 Å². The molecule has 2 aliphatic heterocycles. The van der Waals surface area contributed by atoms with Gasteiger partial charge in [0.15, 0.2) is 0 Å². The van der Waals surface area contributed by atoms with E-state index in [0.717, 1.165) is 12.8 Å². The van der Waals surface area contributed by atoms with Gasteiger partial charge < -0.3 is 0 Å². The minimum absolute atomic E-state index is 0.0102. The third-order valence-corrected chi connectivity index (χ3v) is 6.07. The van der Waals surface area contributed by atoms with Gasteiger partial charge in [-0.15, -0.1) is 0 Å². The summed E-state index contributed by atoms with van der Waals surface area (Å²) in [6.45, 7) is 0. The first-order valence-electron chi connectivity index (χ1n) is 6.35. The van der Waals surface area contributed by atoms with E-state index in [1.165, 1.54) is 0 Å². The summed E-state index contributed by atoms with van der Waals surface area (Å²) in [5, 5.41) is 0.223. The molecule has 0 saturated carbocycles. The zero-order chi connectivity index (χ0) is 13.3.